The number of carbonyl (C=O) groups excluding carboxylic acids is 3. The van der Waals surface area contributed by atoms with Crippen LogP contribution in [0.5, 0.6) is 0 Å². The van der Waals surface area contributed by atoms with Gasteiger partial charge in [0.2, 0.25) is 11.8 Å². The highest BCUT2D eigenvalue weighted by atomic mass is 16.2. The van der Waals surface area contributed by atoms with Gasteiger partial charge in [0, 0.05) is 44.1 Å². The third-order valence-corrected chi connectivity index (χ3v) is 7.04. The van der Waals surface area contributed by atoms with Gasteiger partial charge in [0.25, 0.3) is 5.91 Å². The number of carbonyl (C=O) groups is 3. The van der Waals surface area contributed by atoms with E-state index in [1.54, 1.807) is 41.8 Å². The summed E-state index contributed by atoms with van der Waals surface area (Å²) in [5.74, 6) is -0.0380. The van der Waals surface area contributed by atoms with Gasteiger partial charge in [-0.3, -0.25) is 14.4 Å². The average molecular weight is 455 g/mol. The molecule has 0 spiro atoms. The molecule has 1 aliphatic carbocycles. The summed E-state index contributed by atoms with van der Waals surface area (Å²) in [6.07, 6.45) is 8.77. The van der Waals surface area contributed by atoms with Crippen molar-refractivity contribution < 1.29 is 14.4 Å². The first-order valence-corrected chi connectivity index (χ1v) is 12.0. The maximum atomic E-state index is 13.5. The van der Waals surface area contributed by atoms with Crippen LogP contribution in [0.2, 0.25) is 0 Å². The van der Waals surface area contributed by atoms with Gasteiger partial charge in [-0.1, -0.05) is 19.3 Å². The zero-order valence-corrected chi connectivity index (χ0v) is 19.5. The molecule has 2 atom stereocenters. The van der Waals surface area contributed by atoms with Gasteiger partial charge in [0.05, 0.1) is 11.6 Å². The molecule has 3 amide bonds. The summed E-state index contributed by atoms with van der Waals surface area (Å²) in [4.78, 5) is 42.7. The lowest BCUT2D eigenvalue weighted by atomic mass is 9.83. The number of rotatable bonds is 6. The normalized spacial score (nSPS) is 19.3. The van der Waals surface area contributed by atoms with E-state index in [0.29, 0.717) is 31.7 Å². The van der Waals surface area contributed by atoms with Crippen molar-refractivity contribution in [1.82, 2.24) is 30.0 Å². The maximum absolute atomic E-state index is 13.5. The van der Waals surface area contributed by atoms with Crippen LogP contribution in [0.25, 0.3) is 5.52 Å². The lowest BCUT2D eigenvalue weighted by Gasteiger charge is -2.39. The quantitative estimate of drug-likeness (QED) is 0.685. The van der Waals surface area contributed by atoms with Crippen molar-refractivity contribution in [1.29, 1.82) is 0 Å². The largest absolute Gasteiger partial charge is 0.343 e. The van der Waals surface area contributed by atoms with E-state index in [2.05, 4.69) is 15.7 Å². The Hall–Kier alpha value is -2.94. The number of amides is 3. The second kappa shape index (κ2) is 10.3. The average Bonchev–Trinajstić information content (AvgIpc) is 3.34. The summed E-state index contributed by atoms with van der Waals surface area (Å²) in [5, 5.41) is 10.1. The van der Waals surface area contributed by atoms with Crippen molar-refractivity contribution in [3.8, 4) is 0 Å². The van der Waals surface area contributed by atoms with Crippen molar-refractivity contribution >= 4 is 23.2 Å². The molecule has 2 unspecified atom stereocenters. The first-order valence-electron chi connectivity index (χ1n) is 12.0. The Morgan fingerprint density at radius 1 is 1.03 bits per heavy atom. The summed E-state index contributed by atoms with van der Waals surface area (Å²) >= 11 is 0. The van der Waals surface area contributed by atoms with Crippen LogP contribution >= 0.6 is 0 Å². The van der Waals surface area contributed by atoms with Crippen LogP contribution in [0, 0.1) is 5.92 Å². The molecule has 1 saturated heterocycles. The summed E-state index contributed by atoms with van der Waals surface area (Å²) in [6.45, 7) is 3.70. The second-order valence-corrected chi connectivity index (χ2v) is 9.13. The molecule has 2 fully saturated rings. The molecule has 1 aliphatic heterocycles. The Balaban J connectivity index is 1.40. The summed E-state index contributed by atoms with van der Waals surface area (Å²) in [7, 11) is 1.74. The summed E-state index contributed by atoms with van der Waals surface area (Å²) in [6, 6.07) is 4.62. The standard InChI is InChI=1S/C24H34N6O3/c1-17(25-2)22(31)27-21(18-6-4-3-5-7-18)24(33)29-14-12-28(13-15-29)23(32)19-9-11-30-20(16-19)8-10-26-30/h8-11,16-18,21,25H,3-7,12-15H2,1-2H3,(H,27,31). The van der Waals surface area contributed by atoms with Crippen molar-refractivity contribution in [2.45, 2.75) is 51.1 Å². The van der Waals surface area contributed by atoms with Crippen LogP contribution < -0.4 is 10.6 Å². The van der Waals surface area contributed by atoms with E-state index >= 15 is 0 Å². The fraction of sp³-hybridized carbons (Fsp3) is 0.583. The van der Waals surface area contributed by atoms with Gasteiger partial charge in [0.1, 0.15) is 6.04 Å². The topological polar surface area (TPSA) is 99.0 Å². The highest BCUT2D eigenvalue weighted by molar-refractivity contribution is 5.95. The van der Waals surface area contributed by atoms with Gasteiger partial charge < -0.3 is 20.4 Å². The predicted molar refractivity (Wildman–Crippen MR) is 125 cm³/mol. The molecule has 0 aromatic carbocycles. The minimum Gasteiger partial charge on any atom is -0.343 e. The highest BCUT2D eigenvalue weighted by Gasteiger charge is 2.36. The molecule has 0 radical (unpaired) electrons. The zero-order chi connectivity index (χ0) is 23.4. The summed E-state index contributed by atoms with van der Waals surface area (Å²) < 4.78 is 1.72. The molecule has 3 heterocycles. The van der Waals surface area contributed by atoms with Gasteiger partial charge >= 0.3 is 0 Å². The Morgan fingerprint density at radius 3 is 2.42 bits per heavy atom. The molecular formula is C24H34N6O3. The molecule has 2 aliphatic rings. The van der Waals surface area contributed by atoms with Gasteiger partial charge in [0.15, 0.2) is 0 Å². The number of hydrogen-bond acceptors (Lipinski definition) is 5. The smallest absolute Gasteiger partial charge is 0.254 e. The predicted octanol–water partition coefficient (Wildman–Crippen LogP) is 1.29. The van der Waals surface area contributed by atoms with E-state index in [1.165, 1.54) is 6.42 Å². The van der Waals surface area contributed by atoms with Crippen molar-refractivity contribution in [2.75, 3.05) is 33.2 Å². The van der Waals surface area contributed by atoms with Crippen LogP contribution in [-0.4, -0.2) is 82.4 Å². The molecule has 2 aromatic rings. The van der Waals surface area contributed by atoms with Crippen molar-refractivity contribution in [2.24, 2.45) is 5.92 Å². The maximum Gasteiger partial charge on any atom is 0.254 e. The zero-order valence-electron chi connectivity index (χ0n) is 19.5. The van der Waals surface area contributed by atoms with Gasteiger partial charge in [-0.25, -0.2) is 4.52 Å². The van der Waals surface area contributed by atoms with Crippen LogP contribution in [0.4, 0.5) is 0 Å². The Bertz CT molecular complexity index is 991. The number of nitrogens with one attached hydrogen (secondary N) is 2. The van der Waals surface area contributed by atoms with Crippen LogP contribution in [-0.2, 0) is 9.59 Å². The molecule has 0 bridgehead atoms. The number of hydrogen-bond donors (Lipinski definition) is 2. The van der Waals surface area contributed by atoms with Gasteiger partial charge in [-0.2, -0.15) is 5.10 Å². The minimum atomic E-state index is -0.500. The first-order chi connectivity index (χ1) is 16.0. The fourth-order valence-electron chi connectivity index (χ4n) is 4.82. The monoisotopic (exact) mass is 454 g/mol. The Kier molecular flexibility index (Phi) is 7.27. The molecule has 9 nitrogen and oxygen atoms in total. The minimum absolute atomic E-state index is 0.0219. The number of fused-ring (bicyclic) bond motifs is 1. The van der Waals surface area contributed by atoms with Crippen LogP contribution in [0.1, 0.15) is 49.4 Å². The lowest BCUT2D eigenvalue weighted by molar-refractivity contribution is -0.140. The third kappa shape index (κ3) is 5.19. The highest BCUT2D eigenvalue weighted by Crippen LogP contribution is 2.28. The van der Waals surface area contributed by atoms with Crippen molar-refractivity contribution in [3.05, 3.63) is 36.2 Å². The number of nitrogens with zero attached hydrogens (tertiary/aromatic N) is 4. The number of aromatic nitrogens is 2. The Morgan fingerprint density at radius 2 is 1.73 bits per heavy atom. The Labute approximate surface area is 194 Å². The lowest BCUT2D eigenvalue weighted by Crippen LogP contribution is -2.59. The molecule has 9 heteroatoms. The summed E-state index contributed by atoms with van der Waals surface area (Å²) in [5.41, 5.74) is 1.49. The van der Waals surface area contributed by atoms with Crippen LogP contribution in [0.3, 0.4) is 0 Å². The van der Waals surface area contributed by atoms with E-state index in [1.807, 2.05) is 17.0 Å². The molecule has 2 N–H and O–H groups in total. The first kappa shape index (κ1) is 23.2. The van der Waals surface area contributed by atoms with E-state index in [-0.39, 0.29) is 29.7 Å². The third-order valence-electron chi connectivity index (χ3n) is 7.04. The van der Waals surface area contributed by atoms with Gasteiger partial charge in [-0.05, 0) is 50.9 Å². The molecule has 178 valence electrons. The number of likely N-dealkylation sites (N-methyl/N-ethyl adjacent to an activating group) is 1. The molecule has 33 heavy (non-hydrogen) atoms. The van der Waals surface area contributed by atoms with E-state index in [4.69, 9.17) is 0 Å². The van der Waals surface area contributed by atoms with E-state index in [0.717, 1.165) is 31.2 Å². The second-order valence-electron chi connectivity index (χ2n) is 9.13. The van der Waals surface area contributed by atoms with Gasteiger partial charge in [-0.15, -0.1) is 0 Å². The van der Waals surface area contributed by atoms with Crippen molar-refractivity contribution in [3.63, 3.8) is 0 Å². The van der Waals surface area contributed by atoms with E-state index in [9.17, 15) is 14.4 Å². The molecule has 1 saturated carbocycles. The SMILES string of the molecule is CNC(C)C(=O)NC(C(=O)N1CCN(C(=O)c2ccn3nccc3c2)CC1)C1CCCCC1. The number of pyridine rings is 1. The number of piperazine rings is 1. The molecule has 4 rings (SSSR count). The fourth-order valence-corrected chi connectivity index (χ4v) is 4.82. The molecular weight excluding hydrogens is 420 g/mol. The molecule has 2 aromatic heterocycles. The van der Waals surface area contributed by atoms with Crippen LogP contribution in [0.15, 0.2) is 30.6 Å². The van der Waals surface area contributed by atoms with E-state index < -0.39 is 6.04 Å².